The van der Waals surface area contributed by atoms with E-state index < -0.39 is 0 Å². The molecule has 1 aliphatic heterocycles. The predicted octanol–water partition coefficient (Wildman–Crippen LogP) is 4.13. The van der Waals surface area contributed by atoms with Crippen molar-refractivity contribution in [3.05, 3.63) is 71.8 Å². The van der Waals surface area contributed by atoms with E-state index in [1.165, 1.54) is 11.1 Å². The number of nitrogens with zero attached hydrogens (tertiary/aromatic N) is 1. The Morgan fingerprint density at radius 2 is 1.55 bits per heavy atom. The fourth-order valence-corrected chi connectivity index (χ4v) is 3.07. The lowest BCUT2D eigenvalue weighted by Crippen LogP contribution is -2.20. The number of rotatable bonds is 4. The lowest BCUT2D eigenvalue weighted by Gasteiger charge is -2.16. The SMILES string of the molecule is CC.O=C[C@H]1CN(Cc2ccccc2)C[C@@H]1c1ccccc1. The van der Waals surface area contributed by atoms with Gasteiger partial charge < -0.3 is 4.79 Å². The molecule has 2 aromatic rings. The van der Waals surface area contributed by atoms with Gasteiger partial charge in [-0.3, -0.25) is 4.90 Å². The molecule has 1 fully saturated rings. The van der Waals surface area contributed by atoms with E-state index in [1.54, 1.807) is 0 Å². The Balaban J connectivity index is 0.000000847. The highest BCUT2D eigenvalue weighted by molar-refractivity contribution is 5.57. The standard InChI is InChI=1S/C18H19NO.C2H6/c20-14-17-12-19(11-15-7-3-1-4-8-15)13-18(17)16-9-5-2-6-10-16;1-2/h1-10,14,17-18H,11-13H2;1-2H3/t17-,18-;/m1./s1. The van der Waals surface area contributed by atoms with Gasteiger partial charge >= 0.3 is 0 Å². The van der Waals surface area contributed by atoms with Crippen LogP contribution in [0, 0.1) is 5.92 Å². The highest BCUT2D eigenvalue weighted by Crippen LogP contribution is 2.32. The summed E-state index contributed by atoms with van der Waals surface area (Å²) in [5.74, 6) is 0.443. The highest BCUT2D eigenvalue weighted by Gasteiger charge is 2.33. The molecule has 0 amide bonds. The quantitative estimate of drug-likeness (QED) is 0.791. The fourth-order valence-electron chi connectivity index (χ4n) is 3.07. The van der Waals surface area contributed by atoms with Crippen molar-refractivity contribution in [3.63, 3.8) is 0 Å². The number of aldehydes is 1. The molecule has 0 aromatic heterocycles. The summed E-state index contributed by atoms with van der Waals surface area (Å²) in [6, 6.07) is 20.9. The second-order valence-electron chi connectivity index (χ2n) is 5.50. The van der Waals surface area contributed by atoms with Crippen molar-refractivity contribution in [3.8, 4) is 0 Å². The maximum absolute atomic E-state index is 11.4. The molecule has 2 atom stereocenters. The third-order valence-electron chi connectivity index (χ3n) is 4.09. The van der Waals surface area contributed by atoms with Crippen LogP contribution in [0.1, 0.15) is 30.9 Å². The van der Waals surface area contributed by atoms with Crippen molar-refractivity contribution in [2.75, 3.05) is 13.1 Å². The molecule has 0 radical (unpaired) electrons. The first kappa shape index (κ1) is 16.4. The Morgan fingerprint density at radius 1 is 0.955 bits per heavy atom. The molecule has 2 heteroatoms. The van der Waals surface area contributed by atoms with E-state index in [1.807, 2.05) is 26.0 Å². The summed E-state index contributed by atoms with van der Waals surface area (Å²) in [6.07, 6.45) is 1.13. The van der Waals surface area contributed by atoms with Gasteiger partial charge in [0.15, 0.2) is 0 Å². The maximum Gasteiger partial charge on any atom is 0.125 e. The first-order chi connectivity index (χ1) is 10.9. The molecule has 1 aliphatic rings. The average molecular weight is 295 g/mol. The number of benzene rings is 2. The third-order valence-corrected chi connectivity index (χ3v) is 4.09. The molecule has 0 bridgehead atoms. The molecule has 2 nitrogen and oxygen atoms in total. The van der Waals surface area contributed by atoms with Gasteiger partial charge in [-0.05, 0) is 11.1 Å². The van der Waals surface area contributed by atoms with Crippen LogP contribution in [0.3, 0.4) is 0 Å². The molecule has 1 heterocycles. The summed E-state index contributed by atoms with van der Waals surface area (Å²) in [4.78, 5) is 13.7. The summed E-state index contributed by atoms with van der Waals surface area (Å²) < 4.78 is 0. The van der Waals surface area contributed by atoms with Crippen molar-refractivity contribution in [1.29, 1.82) is 0 Å². The second kappa shape index (κ2) is 8.50. The van der Waals surface area contributed by atoms with E-state index in [0.717, 1.165) is 25.9 Å². The van der Waals surface area contributed by atoms with Crippen LogP contribution < -0.4 is 0 Å². The normalized spacial score (nSPS) is 21.0. The zero-order valence-electron chi connectivity index (χ0n) is 13.5. The lowest BCUT2D eigenvalue weighted by atomic mass is 9.90. The van der Waals surface area contributed by atoms with Crippen LogP contribution in [0.4, 0.5) is 0 Å². The van der Waals surface area contributed by atoms with E-state index in [2.05, 4.69) is 53.4 Å². The number of carbonyl (C=O) groups excluding carboxylic acids is 1. The molecule has 0 aliphatic carbocycles. The topological polar surface area (TPSA) is 20.3 Å². The minimum atomic E-state index is 0.112. The van der Waals surface area contributed by atoms with Crippen molar-refractivity contribution in [2.24, 2.45) is 5.92 Å². The highest BCUT2D eigenvalue weighted by atomic mass is 16.1. The first-order valence-corrected chi connectivity index (χ1v) is 8.13. The second-order valence-corrected chi connectivity index (χ2v) is 5.50. The van der Waals surface area contributed by atoms with E-state index in [0.29, 0.717) is 5.92 Å². The molecule has 2 aromatic carbocycles. The summed E-state index contributed by atoms with van der Waals surface area (Å²) in [5.41, 5.74) is 2.59. The minimum absolute atomic E-state index is 0.112. The molecular weight excluding hydrogens is 270 g/mol. The minimum Gasteiger partial charge on any atom is -0.303 e. The lowest BCUT2D eigenvalue weighted by molar-refractivity contribution is -0.111. The zero-order chi connectivity index (χ0) is 15.8. The molecule has 0 saturated carbocycles. The van der Waals surface area contributed by atoms with Crippen LogP contribution in [-0.2, 0) is 11.3 Å². The van der Waals surface area contributed by atoms with Gasteiger partial charge in [-0.2, -0.15) is 0 Å². The number of hydrogen-bond donors (Lipinski definition) is 0. The molecular formula is C20H25NO. The van der Waals surface area contributed by atoms with Gasteiger partial charge in [-0.25, -0.2) is 0 Å². The summed E-state index contributed by atoms with van der Waals surface area (Å²) in [6.45, 7) is 6.74. The average Bonchev–Trinajstić information content (AvgIpc) is 3.01. The van der Waals surface area contributed by atoms with E-state index in [4.69, 9.17) is 0 Å². The molecule has 116 valence electrons. The van der Waals surface area contributed by atoms with Crippen LogP contribution >= 0.6 is 0 Å². The van der Waals surface area contributed by atoms with Gasteiger partial charge in [0, 0.05) is 31.5 Å². The smallest absolute Gasteiger partial charge is 0.125 e. The van der Waals surface area contributed by atoms with Gasteiger partial charge in [0.05, 0.1) is 0 Å². The third kappa shape index (κ3) is 4.05. The van der Waals surface area contributed by atoms with E-state index in [-0.39, 0.29) is 5.92 Å². The van der Waals surface area contributed by atoms with Gasteiger partial charge in [0.1, 0.15) is 6.29 Å². The van der Waals surface area contributed by atoms with Crippen molar-refractivity contribution < 1.29 is 4.79 Å². The maximum atomic E-state index is 11.4. The van der Waals surface area contributed by atoms with E-state index >= 15 is 0 Å². The summed E-state index contributed by atoms with van der Waals surface area (Å²) in [5, 5.41) is 0. The molecule has 1 saturated heterocycles. The fraction of sp³-hybridized carbons (Fsp3) is 0.350. The summed E-state index contributed by atoms with van der Waals surface area (Å²) >= 11 is 0. The van der Waals surface area contributed by atoms with Crippen LogP contribution in [-0.4, -0.2) is 24.3 Å². The van der Waals surface area contributed by atoms with Gasteiger partial charge in [-0.1, -0.05) is 74.5 Å². The van der Waals surface area contributed by atoms with Crippen molar-refractivity contribution >= 4 is 6.29 Å². The largest absolute Gasteiger partial charge is 0.303 e. The molecule has 0 N–H and O–H groups in total. The monoisotopic (exact) mass is 295 g/mol. The molecule has 3 rings (SSSR count). The number of likely N-dealkylation sites (tertiary alicyclic amines) is 1. The Labute approximate surface area is 133 Å². The Kier molecular flexibility index (Phi) is 6.35. The first-order valence-electron chi connectivity index (χ1n) is 8.13. The van der Waals surface area contributed by atoms with Crippen molar-refractivity contribution in [2.45, 2.75) is 26.3 Å². The Morgan fingerprint density at radius 3 is 2.14 bits per heavy atom. The van der Waals surface area contributed by atoms with Crippen LogP contribution in [0.2, 0.25) is 0 Å². The Hall–Kier alpha value is -1.93. The van der Waals surface area contributed by atoms with E-state index in [9.17, 15) is 4.79 Å². The molecule has 0 unspecified atom stereocenters. The predicted molar refractivity (Wildman–Crippen MR) is 91.8 cm³/mol. The van der Waals surface area contributed by atoms with Gasteiger partial charge in [-0.15, -0.1) is 0 Å². The summed E-state index contributed by atoms with van der Waals surface area (Å²) in [7, 11) is 0. The molecule has 22 heavy (non-hydrogen) atoms. The molecule has 0 spiro atoms. The number of carbonyl (C=O) groups is 1. The van der Waals surface area contributed by atoms with Crippen LogP contribution in [0.15, 0.2) is 60.7 Å². The Bertz CT molecular complexity index is 552. The number of hydrogen-bond acceptors (Lipinski definition) is 2. The van der Waals surface area contributed by atoms with Crippen LogP contribution in [0.25, 0.3) is 0 Å². The van der Waals surface area contributed by atoms with Gasteiger partial charge in [0.25, 0.3) is 0 Å². The zero-order valence-corrected chi connectivity index (χ0v) is 13.5. The van der Waals surface area contributed by atoms with Crippen LogP contribution in [0.5, 0.6) is 0 Å². The van der Waals surface area contributed by atoms with Gasteiger partial charge in [0.2, 0.25) is 0 Å². The van der Waals surface area contributed by atoms with Crippen molar-refractivity contribution in [1.82, 2.24) is 4.90 Å².